The van der Waals surface area contributed by atoms with Crippen molar-refractivity contribution in [2.45, 2.75) is 26.5 Å². The number of rotatable bonds is 7. The first-order valence-corrected chi connectivity index (χ1v) is 6.78. The fourth-order valence-corrected chi connectivity index (χ4v) is 1.56. The number of nitrogens with one attached hydrogen (secondary N) is 2. The Morgan fingerprint density at radius 3 is 2.48 bits per heavy atom. The third-order valence-electron chi connectivity index (χ3n) is 2.88. The molecule has 1 atom stereocenters. The van der Waals surface area contributed by atoms with E-state index < -0.39 is 36.0 Å². The Morgan fingerprint density at radius 2 is 1.96 bits per heavy atom. The molecule has 9 heteroatoms. The van der Waals surface area contributed by atoms with Crippen LogP contribution in [0.1, 0.15) is 13.8 Å². The lowest BCUT2D eigenvalue weighted by Gasteiger charge is -2.15. The van der Waals surface area contributed by atoms with Crippen molar-refractivity contribution in [1.82, 2.24) is 5.32 Å². The van der Waals surface area contributed by atoms with E-state index in [1.807, 2.05) is 0 Å². The fourth-order valence-electron chi connectivity index (χ4n) is 1.56. The number of anilines is 1. The highest BCUT2D eigenvalue weighted by Crippen LogP contribution is 2.22. The van der Waals surface area contributed by atoms with Gasteiger partial charge in [0.05, 0.1) is 12.6 Å². The Kier molecular flexibility index (Phi) is 6.83. The van der Waals surface area contributed by atoms with Crippen LogP contribution in [-0.4, -0.2) is 31.0 Å². The summed E-state index contributed by atoms with van der Waals surface area (Å²) in [5.74, 6) is -2.86. The van der Waals surface area contributed by atoms with Crippen LogP contribution >= 0.6 is 0 Å². The number of carbonyl (C=O) groups excluding carboxylic acids is 2. The highest BCUT2D eigenvalue weighted by Gasteiger charge is 2.18. The Bertz CT molecular complexity index is 567. The zero-order valence-corrected chi connectivity index (χ0v) is 12.6. The normalized spacial score (nSPS) is 12.2. The Balaban J connectivity index is 2.55. The second-order valence-electron chi connectivity index (χ2n) is 5.06. The number of alkyl halides is 2. The van der Waals surface area contributed by atoms with Gasteiger partial charge in [0.1, 0.15) is 0 Å². The minimum Gasteiger partial charge on any atom is -0.432 e. The molecule has 4 N–H and O–H groups in total. The highest BCUT2D eigenvalue weighted by atomic mass is 19.3. The Labute approximate surface area is 131 Å². The zero-order chi connectivity index (χ0) is 17.6. The van der Waals surface area contributed by atoms with E-state index in [1.165, 1.54) is 6.07 Å². The van der Waals surface area contributed by atoms with Crippen LogP contribution in [0.15, 0.2) is 18.2 Å². The van der Waals surface area contributed by atoms with Crippen molar-refractivity contribution >= 4 is 17.5 Å². The van der Waals surface area contributed by atoms with Gasteiger partial charge in [-0.25, -0.2) is 4.39 Å². The van der Waals surface area contributed by atoms with Crippen LogP contribution in [0.4, 0.5) is 18.9 Å². The maximum Gasteiger partial charge on any atom is 0.387 e. The number of amides is 2. The van der Waals surface area contributed by atoms with Gasteiger partial charge in [0.25, 0.3) is 0 Å². The number of carbonyl (C=O) groups is 2. The maximum absolute atomic E-state index is 13.5. The van der Waals surface area contributed by atoms with E-state index in [1.54, 1.807) is 13.8 Å². The smallest absolute Gasteiger partial charge is 0.387 e. The molecule has 0 bridgehead atoms. The quantitative estimate of drug-likeness (QED) is 0.704. The van der Waals surface area contributed by atoms with Gasteiger partial charge in [-0.3, -0.25) is 9.59 Å². The molecule has 0 fully saturated rings. The summed E-state index contributed by atoms with van der Waals surface area (Å²) in [7, 11) is 0. The van der Waals surface area contributed by atoms with E-state index in [4.69, 9.17) is 5.73 Å². The molecule has 0 saturated heterocycles. The van der Waals surface area contributed by atoms with Gasteiger partial charge in [-0.05, 0) is 18.1 Å². The molecule has 0 unspecified atom stereocenters. The van der Waals surface area contributed by atoms with Crippen LogP contribution < -0.4 is 21.1 Å². The summed E-state index contributed by atoms with van der Waals surface area (Å²) in [4.78, 5) is 23.2. The van der Waals surface area contributed by atoms with Gasteiger partial charge < -0.3 is 21.1 Å². The third kappa shape index (κ3) is 6.15. The van der Waals surface area contributed by atoms with Crippen LogP contribution in [0.5, 0.6) is 5.75 Å². The summed E-state index contributed by atoms with van der Waals surface area (Å²) in [5, 5.41) is 4.65. The van der Waals surface area contributed by atoms with Gasteiger partial charge in [-0.1, -0.05) is 13.8 Å². The first-order valence-electron chi connectivity index (χ1n) is 6.78. The molecular formula is C14H18F3N3O3. The van der Waals surface area contributed by atoms with Gasteiger partial charge in [-0.2, -0.15) is 8.78 Å². The average molecular weight is 333 g/mol. The van der Waals surface area contributed by atoms with Crippen molar-refractivity contribution in [3.05, 3.63) is 24.0 Å². The summed E-state index contributed by atoms with van der Waals surface area (Å²) in [6.07, 6.45) is 0. The number of hydrogen-bond donors (Lipinski definition) is 3. The van der Waals surface area contributed by atoms with Crippen molar-refractivity contribution in [3.8, 4) is 5.75 Å². The molecule has 1 rings (SSSR count). The molecule has 0 heterocycles. The zero-order valence-electron chi connectivity index (χ0n) is 12.6. The van der Waals surface area contributed by atoms with Gasteiger partial charge >= 0.3 is 6.61 Å². The summed E-state index contributed by atoms with van der Waals surface area (Å²) >= 11 is 0. The van der Waals surface area contributed by atoms with Gasteiger partial charge in [0.15, 0.2) is 11.6 Å². The van der Waals surface area contributed by atoms with E-state index in [2.05, 4.69) is 15.4 Å². The van der Waals surface area contributed by atoms with E-state index >= 15 is 0 Å². The fraction of sp³-hybridized carbons (Fsp3) is 0.429. The van der Waals surface area contributed by atoms with E-state index in [-0.39, 0.29) is 18.2 Å². The van der Waals surface area contributed by atoms with E-state index in [0.717, 1.165) is 12.1 Å². The topological polar surface area (TPSA) is 93.5 Å². The highest BCUT2D eigenvalue weighted by molar-refractivity contribution is 5.95. The van der Waals surface area contributed by atoms with Crippen molar-refractivity contribution in [3.63, 3.8) is 0 Å². The first-order chi connectivity index (χ1) is 10.7. The monoisotopic (exact) mass is 333 g/mol. The molecule has 1 aromatic rings. The van der Waals surface area contributed by atoms with Crippen LogP contribution in [0.2, 0.25) is 0 Å². The lowest BCUT2D eigenvalue weighted by atomic mass is 10.1. The number of benzene rings is 1. The molecule has 0 saturated carbocycles. The average Bonchev–Trinajstić information content (AvgIpc) is 2.46. The molecule has 2 amide bonds. The molecule has 0 aromatic heterocycles. The van der Waals surface area contributed by atoms with Crippen LogP contribution in [0.3, 0.4) is 0 Å². The van der Waals surface area contributed by atoms with Crippen molar-refractivity contribution in [1.29, 1.82) is 0 Å². The van der Waals surface area contributed by atoms with Gasteiger partial charge in [0, 0.05) is 11.8 Å². The molecule has 128 valence electrons. The minimum atomic E-state index is -3.15. The summed E-state index contributed by atoms with van der Waals surface area (Å²) in [6.45, 7) is 0.0212. The second-order valence-corrected chi connectivity index (χ2v) is 5.06. The molecule has 0 aliphatic carbocycles. The molecule has 0 radical (unpaired) electrons. The summed E-state index contributed by atoms with van der Waals surface area (Å²) in [5.41, 5.74) is 5.64. The van der Waals surface area contributed by atoms with Crippen molar-refractivity contribution in [2.75, 3.05) is 11.9 Å². The standard InChI is InChI=1S/C14H18F3N3O3/c1-7(2)12(18)13(22)19-6-11(21)20-8-3-4-10(9(15)5-8)23-14(16)17/h3-5,7,12,14H,6,18H2,1-2H3,(H,19,22)(H,20,21)/t12-/m0/s1. The molecule has 6 nitrogen and oxygen atoms in total. The van der Waals surface area contributed by atoms with E-state index in [9.17, 15) is 22.8 Å². The predicted octanol–water partition coefficient (Wildman–Crippen LogP) is 1.47. The van der Waals surface area contributed by atoms with Crippen molar-refractivity contribution in [2.24, 2.45) is 11.7 Å². The van der Waals surface area contributed by atoms with Gasteiger partial charge in [0.2, 0.25) is 11.8 Å². The lowest BCUT2D eigenvalue weighted by molar-refractivity contribution is -0.125. The largest absolute Gasteiger partial charge is 0.432 e. The molecule has 0 aliphatic heterocycles. The maximum atomic E-state index is 13.5. The number of ether oxygens (including phenoxy) is 1. The molecule has 0 spiro atoms. The number of halogens is 3. The molecule has 1 aromatic carbocycles. The Hall–Kier alpha value is -2.29. The number of nitrogens with two attached hydrogens (primary N) is 1. The third-order valence-corrected chi connectivity index (χ3v) is 2.88. The Morgan fingerprint density at radius 1 is 1.30 bits per heavy atom. The second kappa shape index (κ2) is 8.37. The lowest BCUT2D eigenvalue weighted by Crippen LogP contribution is -2.46. The minimum absolute atomic E-state index is 0.0384. The van der Waals surface area contributed by atoms with Crippen LogP contribution in [0.25, 0.3) is 0 Å². The molecule has 23 heavy (non-hydrogen) atoms. The van der Waals surface area contributed by atoms with E-state index in [0.29, 0.717) is 0 Å². The summed E-state index contributed by atoms with van der Waals surface area (Å²) < 4.78 is 41.4. The summed E-state index contributed by atoms with van der Waals surface area (Å²) in [6, 6.07) is 2.24. The molecular weight excluding hydrogens is 315 g/mol. The SMILES string of the molecule is CC(C)[C@H](N)C(=O)NCC(=O)Nc1ccc(OC(F)F)c(F)c1. The van der Waals surface area contributed by atoms with Crippen LogP contribution in [-0.2, 0) is 9.59 Å². The van der Waals surface area contributed by atoms with Crippen molar-refractivity contribution < 1.29 is 27.5 Å². The van der Waals surface area contributed by atoms with Gasteiger partial charge in [-0.15, -0.1) is 0 Å². The first kappa shape index (κ1) is 18.8. The molecule has 0 aliphatic rings. The van der Waals surface area contributed by atoms with Crippen LogP contribution in [0, 0.1) is 11.7 Å². The predicted molar refractivity (Wildman–Crippen MR) is 77.5 cm³/mol. The number of hydrogen-bond acceptors (Lipinski definition) is 4.